The van der Waals surface area contributed by atoms with Gasteiger partial charge in [-0.1, -0.05) is 18.2 Å². The second-order valence-corrected chi connectivity index (χ2v) is 9.61. The number of anilines is 2. The summed E-state index contributed by atoms with van der Waals surface area (Å²) in [6.07, 6.45) is 0. The number of nitrogens with zero attached hydrogens (tertiary/aromatic N) is 4. The molecule has 0 spiro atoms. The summed E-state index contributed by atoms with van der Waals surface area (Å²) in [5, 5.41) is 18.0. The van der Waals surface area contributed by atoms with Crippen LogP contribution in [-0.4, -0.2) is 36.1 Å². The zero-order valence-electron chi connectivity index (χ0n) is 18.8. The lowest BCUT2D eigenvalue weighted by atomic mass is 10.2. The van der Waals surface area contributed by atoms with Crippen LogP contribution in [0.5, 0.6) is 0 Å². The highest BCUT2D eigenvalue weighted by molar-refractivity contribution is 7.92. The lowest BCUT2D eigenvalue weighted by molar-refractivity contribution is -0.384. The molecule has 0 unspecified atom stereocenters. The van der Waals surface area contributed by atoms with Crippen molar-refractivity contribution in [3.8, 4) is 5.69 Å². The summed E-state index contributed by atoms with van der Waals surface area (Å²) in [5.74, 6) is -0.102. The minimum Gasteiger partial charge on any atom is -0.306 e. The molecule has 0 saturated heterocycles. The van der Waals surface area contributed by atoms with Crippen LogP contribution in [0.2, 0.25) is 0 Å². The van der Waals surface area contributed by atoms with Crippen molar-refractivity contribution in [2.45, 2.75) is 11.8 Å². The van der Waals surface area contributed by atoms with Crippen LogP contribution in [0.15, 0.2) is 89.8 Å². The first-order chi connectivity index (χ1) is 16.7. The fraction of sp³-hybridized carbons (Fsp3) is 0.0833. The number of hydrogen-bond acceptors (Lipinski definition) is 6. The Morgan fingerprint density at radius 3 is 2.23 bits per heavy atom. The fourth-order valence-corrected chi connectivity index (χ4v) is 4.60. The summed E-state index contributed by atoms with van der Waals surface area (Å²) in [5.41, 5.74) is 1.87. The van der Waals surface area contributed by atoms with Crippen molar-refractivity contribution in [2.75, 3.05) is 16.7 Å². The Kier molecular flexibility index (Phi) is 6.34. The highest BCUT2D eigenvalue weighted by Crippen LogP contribution is 2.23. The number of rotatable bonds is 7. The van der Waals surface area contributed by atoms with E-state index in [-0.39, 0.29) is 16.1 Å². The van der Waals surface area contributed by atoms with Gasteiger partial charge in [-0.25, -0.2) is 13.1 Å². The van der Waals surface area contributed by atoms with E-state index in [1.165, 1.54) is 64.6 Å². The summed E-state index contributed by atoms with van der Waals surface area (Å²) in [6.45, 7) is 1.75. The monoisotopic (exact) mass is 491 g/mol. The van der Waals surface area contributed by atoms with E-state index in [9.17, 15) is 23.3 Å². The SMILES string of the molecule is Cc1cc(NC(=O)c2ccc(S(=O)(=O)N(C)c3ccccc3)cc2)n(-c2ccc([N+](=O)[O-])cc2)n1. The maximum Gasteiger partial charge on any atom is 0.269 e. The smallest absolute Gasteiger partial charge is 0.269 e. The van der Waals surface area contributed by atoms with E-state index in [2.05, 4.69) is 10.4 Å². The van der Waals surface area contributed by atoms with Crippen molar-refractivity contribution in [3.05, 3.63) is 106 Å². The van der Waals surface area contributed by atoms with Crippen molar-refractivity contribution < 1.29 is 18.1 Å². The van der Waals surface area contributed by atoms with Crippen LogP contribution < -0.4 is 9.62 Å². The van der Waals surface area contributed by atoms with Gasteiger partial charge < -0.3 is 5.32 Å². The molecule has 1 aromatic heterocycles. The maximum absolute atomic E-state index is 12.9. The first kappa shape index (κ1) is 23.6. The first-order valence-corrected chi connectivity index (χ1v) is 11.9. The molecule has 0 aliphatic rings. The minimum atomic E-state index is -3.80. The van der Waals surface area contributed by atoms with Gasteiger partial charge in [0.25, 0.3) is 21.6 Å². The standard InChI is InChI=1S/C24H21N5O5S/c1-17-16-23(28(26-17)20-10-12-21(13-11-20)29(31)32)25-24(30)18-8-14-22(15-9-18)35(33,34)27(2)19-6-4-3-5-7-19/h3-16H,1-2H3,(H,25,30). The number of sulfonamides is 1. The van der Waals surface area contributed by atoms with Gasteiger partial charge in [-0.2, -0.15) is 5.10 Å². The average molecular weight is 492 g/mol. The number of carbonyl (C=O) groups excluding carboxylic acids is 1. The molecule has 4 aromatic rings. The number of non-ortho nitro benzene ring substituents is 1. The molecule has 1 N–H and O–H groups in total. The topological polar surface area (TPSA) is 127 Å². The number of carbonyl (C=O) groups is 1. The normalized spacial score (nSPS) is 11.1. The minimum absolute atomic E-state index is 0.0483. The number of para-hydroxylation sites is 1. The van der Waals surface area contributed by atoms with Crippen LogP contribution in [0.4, 0.5) is 17.2 Å². The Morgan fingerprint density at radius 2 is 1.63 bits per heavy atom. The number of hydrogen-bond donors (Lipinski definition) is 1. The molecular formula is C24H21N5O5S. The number of aromatic nitrogens is 2. The van der Waals surface area contributed by atoms with Crippen molar-refractivity contribution in [2.24, 2.45) is 0 Å². The van der Waals surface area contributed by atoms with Crippen molar-refractivity contribution in [1.29, 1.82) is 0 Å². The van der Waals surface area contributed by atoms with E-state index >= 15 is 0 Å². The maximum atomic E-state index is 12.9. The molecule has 178 valence electrons. The van der Waals surface area contributed by atoms with Crippen LogP contribution in [0.3, 0.4) is 0 Å². The van der Waals surface area contributed by atoms with E-state index in [1.807, 2.05) is 0 Å². The van der Waals surface area contributed by atoms with Crippen LogP contribution in [0.25, 0.3) is 5.69 Å². The summed E-state index contributed by atoms with van der Waals surface area (Å²) < 4.78 is 28.5. The zero-order valence-corrected chi connectivity index (χ0v) is 19.6. The lowest BCUT2D eigenvalue weighted by Crippen LogP contribution is -2.26. The number of aryl methyl sites for hydroxylation is 1. The van der Waals surface area contributed by atoms with Crippen LogP contribution >= 0.6 is 0 Å². The van der Waals surface area contributed by atoms with E-state index in [0.29, 0.717) is 22.9 Å². The van der Waals surface area contributed by atoms with Gasteiger partial charge in [0.1, 0.15) is 5.82 Å². The van der Waals surface area contributed by atoms with Gasteiger partial charge in [-0.05, 0) is 55.5 Å². The van der Waals surface area contributed by atoms with Gasteiger partial charge in [0.15, 0.2) is 0 Å². The van der Waals surface area contributed by atoms with Crippen LogP contribution in [0.1, 0.15) is 16.1 Å². The van der Waals surface area contributed by atoms with Crippen molar-refractivity contribution in [1.82, 2.24) is 9.78 Å². The van der Waals surface area contributed by atoms with Gasteiger partial charge in [-0.15, -0.1) is 0 Å². The van der Waals surface area contributed by atoms with E-state index in [0.717, 1.165) is 0 Å². The number of nitro groups is 1. The number of amides is 1. The second kappa shape index (κ2) is 9.39. The van der Waals surface area contributed by atoms with Crippen LogP contribution in [0, 0.1) is 17.0 Å². The molecule has 3 aromatic carbocycles. The van der Waals surface area contributed by atoms with Gasteiger partial charge in [-0.3, -0.25) is 19.2 Å². The zero-order chi connectivity index (χ0) is 25.2. The Morgan fingerprint density at radius 1 is 1.00 bits per heavy atom. The molecule has 0 aliphatic carbocycles. The van der Waals surface area contributed by atoms with E-state index < -0.39 is 20.9 Å². The molecular weight excluding hydrogens is 470 g/mol. The Hall–Kier alpha value is -4.51. The Balaban J connectivity index is 1.54. The fourth-order valence-electron chi connectivity index (χ4n) is 3.40. The average Bonchev–Trinajstić information content (AvgIpc) is 3.23. The lowest BCUT2D eigenvalue weighted by Gasteiger charge is -2.19. The number of nitrogens with one attached hydrogen (secondary N) is 1. The molecule has 0 fully saturated rings. The summed E-state index contributed by atoms with van der Waals surface area (Å²) in [4.78, 5) is 23.3. The Labute approximate surface area is 201 Å². The molecule has 4 rings (SSSR count). The summed E-state index contributed by atoms with van der Waals surface area (Å²) in [7, 11) is -2.34. The van der Waals surface area contributed by atoms with Gasteiger partial charge in [0, 0.05) is 30.8 Å². The molecule has 0 atom stereocenters. The van der Waals surface area contributed by atoms with Gasteiger partial charge in [0.2, 0.25) is 0 Å². The number of nitro benzene ring substituents is 1. The predicted molar refractivity (Wildman–Crippen MR) is 131 cm³/mol. The third-order valence-corrected chi connectivity index (χ3v) is 7.07. The molecule has 0 saturated carbocycles. The van der Waals surface area contributed by atoms with Gasteiger partial charge in [0.05, 0.1) is 26.9 Å². The first-order valence-electron chi connectivity index (χ1n) is 10.4. The second-order valence-electron chi connectivity index (χ2n) is 7.64. The molecule has 11 heteroatoms. The highest BCUT2D eigenvalue weighted by atomic mass is 32.2. The van der Waals surface area contributed by atoms with E-state index in [1.54, 1.807) is 43.3 Å². The summed E-state index contributed by atoms with van der Waals surface area (Å²) >= 11 is 0. The molecule has 1 amide bonds. The molecule has 0 aliphatic heterocycles. The number of benzene rings is 3. The quantitative estimate of drug-likeness (QED) is 0.305. The summed E-state index contributed by atoms with van der Waals surface area (Å²) in [6, 6.07) is 21.7. The van der Waals surface area contributed by atoms with E-state index in [4.69, 9.17) is 0 Å². The highest BCUT2D eigenvalue weighted by Gasteiger charge is 2.22. The third-order valence-electron chi connectivity index (χ3n) is 5.27. The molecule has 10 nitrogen and oxygen atoms in total. The predicted octanol–water partition coefficient (Wildman–Crippen LogP) is 4.17. The van der Waals surface area contributed by atoms with Crippen molar-refractivity contribution in [3.63, 3.8) is 0 Å². The molecule has 1 heterocycles. The van der Waals surface area contributed by atoms with Gasteiger partial charge >= 0.3 is 0 Å². The third kappa shape index (κ3) is 4.89. The van der Waals surface area contributed by atoms with Crippen LogP contribution in [-0.2, 0) is 10.0 Å². The Bertz CT molecular complexity index is 1480. The van der Waals surface area contributed by atoms with Crippen molar-refractivity contribution >= 4 is 33.1 Å². The largest absolute Gasteiger partial charge is 0.306 e. The molecule has 0 radical (unpaired) electrons. The molecule has 35 heavy (non-hydrogen) atoms. The molecule has 0 bridgehead atoms.